The van der Waals surface area contributed by atoms with Gasteiger partial charge in [-0.1, -0.05) is 41.6 Å². The Bertz CT molecular complexity index is 453. The molecule has 0 atom stereocenters. The first-order valence-electron chi connectivity index (χ1n) is 7.63. The first-order valence-corrected chi connectivity index (χ1v) is 8.42. The molecule has 1 aromatic carbocycles. The predicted molar refractivity (Wildman–Crippen MR) is 85.9 cm³/mol. The van der Waals surface area contributed by atoms with Crippen molar-refractivity contribution >= 4 is 21.8 Å². The van der Waals surface area contributed by atoms with E-state index >= 15 is 0 Å². The molecule has 0 unspecified atom stereocenters. The van der Waals surface area contributed by atoms with Crippen LogP contribution in [0.4, 0.5) is 4.39 Å². The van der Waals surface area contributed by atoms with E-state index in [0.717, 1.165) is 6.54 Å². The molecular formula is C16H22BrFN2O. The number of rotatable bonds is 5. The molecule has 3 nitrogen and oxygen atoms in total. The predicted octanol–water partition coefficient (Wildman–Crippen LogP) is 3.63. The van der Waals surface area contributed by atoms with Crippen LogP contribution in [-0.2, 0) is 0 Å². The van der Waals surface area contributed by atoms with Crippen molar-refractivity contribution in [2.75, 3.05) is 13.1 Å². The molecule has 1 aromatic rings. The lowest BCUT2D eigenvalue weighted by atomic mass is 10.1. The summed E-state index contributed by atoms with van der Waals surface area (Å²) in [6.07, 6.45) is 7.71. The number of hydrogen-bond donors (Lipinski definition) is 2. The van der Waals surface area contributed by atoms with Crippen molar-refractivity contribution < 1.29 is 9.18 Å². The first-order chi connectivity index (χ1) is 10.1. The highest BCUT2D eigenvalue weighted by atomic mass is 79.9. The number of benzene rings is 1. The summed E-state index contributed by atoms with van der Waals surface area (Å²) >= 11 is 3.19. The van der Waals surface area contributed by atoms with E-state index in [-0.39, 0.29) is 5.91 Å². The quantitative estimate of drug-likeness (QED) is 0.624. The van der Waals surface area contributed by atoms with Gasteiger partial charge in [0.1, 0.15) is 5.82 Å². The second-order valence-electron chi connectivity index (χ2n) is 5.56. The van der Waals surface area contributed by atoms with E-state index in [1.807, 2.05) is 0 Å². The van der Waals surface area contributed by atoms with Gasteiger partial charge in [0.15, 0.2) is 0 Å². The van der Waals surface area contributed by atoms with Crippen molar-refractivity contribution in [1.82, 2.24) is 10.6 Å². The molecule has 0 bridgehead atoms. The highest BCUT2D eigenvalue weighted by molar-refractivity contribution is 9.10. The molecular weight excluding hydrogens is 335 g/mol. The Kier molecular flexibility index (Phi) is 6.64. The average Bonchev–Trinajstić information content (AvgIpc) is 2.71. The summed E-state index contributed by atoms with van der Waals surface area (Å²) in [5.74, 6) is -0.649. The van der Waals surface area contributed by atoms with E-state index in [4.69, 9.17) is 0 Å². The lowest BCUT2D eigenvalue weighted by Gasteiger charge is -2.16. The summed E-state index contributed by atoms with van der Waals surface area (Å²) in [7, 11) is 0. The van der Waals surface area contributed by atoms with E-state index in [0.29, 0.717) is 22.6 Å². The maximum atomic E-state index is 13.2. The smallest absolute Gasteiger partial charge is 0.251 e. The molecule has 0 aromatic heterocycles. The van der Waals surface area contributed by atoms with Gasteiger partial charge in [-0.2, -0.15) is 0 Å². The largest absolute Gasteiger partial charge is 0.351 e. The van der Waals surface area contributed by atoms with Crippen LogP contribution in [0.25, 0.3) is 0 Å². The normalized spacial score (nSPS) is 16.5. The number of halogens is 2. The van der Waals surface area contributed by atoms with Crippen molar-refractivity contribution in [1.29, 1.82) is 0 Å². The number of nitrogens with one attached hydrogen (secondary N) is 2. The molecule has 0 saturated heterocycles. The van der Waals surface area contributed by atoms with E-state index in [9.17, 15) is 9.18 Å². The van der Waals surface area contributed by atoms with Gasteiger partial charge in [-0.05, 0) is 31.0 Å². The van der Waals surface area contributed by atoms with Crippen molar-refractivity contribution in [3.05, 3.63) is 34.1 Å². The van der Waals surface area contributed by atoms with Crippen molar-refractivity contribution in [3.63, 3.8) is 0 Å². The van der Waals surface area contributed by atoms with Crippen LogP contribution in [0.3, 0.4) is 0 Å². The summed E-state index contributed by atoms with van der Waals surface area (Å²) in [5, 5.41) is 6.31. The van der Waals surface area contributed by atoms with E-state index < -0.39 is 5.82 Å². The van der Waals surface area contributed by atoms with Crippen LogP contribution in [0.2, 0.25) is 0 Å². The Hall–Kier alpha value is -0.940. The Morgan fingerprint density at radius 2 is 1.86 bits per heavy atom. The summed E-state index contributed by atoms with van der Waals surface area (Å²) in [6.45, 7) is 1.32. The molecule has 1 aliphatic carbocycles. The zero-order valence-electron chi connectivity index (χ0n) is 12.1. The molecule has 1 saturated carbocycles. The maximum Gasteiger partial charge on any atom is 0.251 e. The van der Waals surface area contributed by atoms with Gasteiger partial charge in [-0.25, -0.2) is 4.39 Å². The number of amides is 1. The number of hydrogen-bond acceptors (Lipinski definition) is 2. The average molecular weight is 357 g/mol. The van der Waals surface area contributed by atoms with Crippen LogP contribution in [0.15, 0.2) is 22.7 Å². The van der Waals surface area contributed by atoms with E-state index in [2.05, 4.69) is 26.6 Å². The fourth-order valence-corrected chi connectivity index (χ4v) is 3.19. The molecule has 0 radical (unpaired) electrons. The maximum absolute atomic E-state index is 13.2. The molecule has 0 spiro atoms. The Labute approximate surface area is 133 Å². The standard InChI is InChI=1S/C16H22BrFN2O/c17-13-9-12(10-14(18)11-13)16(21)20-8-7-19-15-5-3-1-2-4-6-15/h9-11,15,19H,1-8H2,(H,20,21). The van der Waals surface area contributed by atoms with Crippen LogP contribution < -0.4 is 10.6 Å². The molecule has 2 rings (SSSR count). The summed E-state index contributed by atoms with van der Waals surface area (Å²) in [5.41, 5.74) is 0.344. The number of carbonyl (C=O) groups excluding carboxylic acids is 1. The van der Waals surface area contributed by atoms with Gasteiger partial charge in [-0.15, -0.1) is 0 Å². The second kappa shape index (κ2) is 8.49. The van der Waals surface area contributed by atoms with E-state index in [1.165, 1.54) is 50.7 Å². The molecule has 0 heterocycles. The highest BCUT2D eigenvalue weighted by Crippen LogP contribution is 2.17. The van der Waals surface area contributed by atoms with Gasteiger partial charge in [0, 0.05) is 29.2 Å². The molecule has 116 valence electrons. The second-order valence-corrected chi connectivity index (χ2v) is 6.47. The lowest BCUT2D eigenvalue weighted by Crippen LogP contribution is -2.36. The summed E-state index contributed by atoms with van der Waals surface area (Å²) in [6, 6.07) is 4.79. The summed E-state index contributed by atoms with van der Waals surface area (Å²) < 4.78 is 13.8. The third-order valence-corrected chi connectivity index (χ3v) is 4.28. The van der Waals surface area contributed by atoms with Crippen LogP contribution >= 0.6 is 15.9 Å². The van der Waals surface area contributed by atoms with Gasteiger partial charge in [-0.3, -0.25) is 4.79 Å². The van der Waals surface area contributed by atoms with Crippen molar-refractivity contribution in [2.24, 2.45) is 0 Å². The van der Waals surface area contributed by atoms with Crippen LogP contribution in [-0.4, -0.2) is 25.0 Å². The Morgan fingerprint density at radius 1 is 1.14 bits per heavy atom. The summed E-state index contributed by atoms with van der Waals surface area (Å²) in [4.78, 5) is 11.9. The van der Waals surface area contributed by atoms with Crippen LogP contribution in [0.1, 0.15) is 48.9 Å². The fourth-order valence-electron chi connectivity index (χ4n) is 2.72. The third-order valence-electron chi connectivity index (χ3n) is 3.82. The van der Waals surface area contributed by atoms with Crippen molar-refractivity contribution in [2.45, 2.75) is 44.6 Å². The highest BCUT2D eigenvalue weighted by Gasteiger charge is 2.11. The van der Waals surface area contributed by atoms with E-state index in [1.54, 1.807) is 6.07 Å². The minimum atomic E-state index is -0.411. The van der Waals surface area contributed by atoms with Gasteiger partial charge in [0.05, 0.1) is 0 Å². The van der Waals surface area contributed by atoms with Crippen molar-refractivity contribution in [3.8, 4) is 0 Å². The van der Waals surface area contributed by atoms with Gasteiger partial charge in [0.25, 0.3) is 5.91 Å². The topological polar surface area (TPSA) is 41.1 Å². The third kappa shape index (κ3) is 5.75. The number of carbonyl (C=O) groups is 1. The molecule has 1 amide bonds. The molecule has 1 aliphatic rings. The zero-order chi connectivity index (χ0) is 15.1. The zero-order valence-corrected chi connectivity index (χ0v) is 13.7. The Morgan fingerprint density at radius 3 is 2.52 bits per heavy atom. The van der Waals surface area contributed by atoms with Crippen LogP contribution in [0.5, 0.6) is 0 Å². The monoisotopic (exact) mass is 356 g/mol. The molecule has 0 aliphatic heterocycles. The van der Waals surface area contributed by atoms with Crippen LogP contribution in [0, 0.1) is 5.82 Å². The Balaban J connectivity index is 1.71. The fraction of sp³-hybridized carbons (Fsp3) is 0.562. The molecule has 21 heavy (non-hydrogen) atoms. The lowest BCUT2D eigenvalue weighted by molar-refractivity contribution is 0.0953. The van der Waals surface area contributed by atoms with Gasteiger partial charge >= 0.3 is 0 Å². The first kappa shape index (κ1) is 16.4. The van der Waals surface area contributed by atoms with Gasteiger partial charge < -0.3 is 10.6 Å². The van der Waals surface area contributed by atoms with Gasteiger partial charge in [0.2, 0.25) is 0 Å². The minimum absolute atomic E-state index is 0.238. The molecule has 2 N–H and O–H groups in total. The molecule has 1 fully saturated rings. The molecule has 5 heteroatoms. The minimum Gasteiger partial charge on any atom is -0.351 e. The SMILES string of the molecule is O=C(NCCNC1CCCCCC1)c1cc(F)cc(Br)c1.